The van der Waals surface area contributed by atoms with Gasteiger partial charge in [0.2, 0.25) is 11.2 Å². The Morgan fingerprint density at radius 2 is 1.84 bits per heavy atom. The smallest absolute Gasteiger partial charge is 0.504 e. The highest BCUT2D eigenvalue weighted by atomic mass is 32.2. The monoisotopic (exact) mass is 281 g/mol. The van der Waals surface area contributed by atoms with Crippen LogP contribution >= 0.6 is 0 Å². The molecule has 0 unspecified atom stereocenters. The molecule has 0 fully saturated rings. The fourth-order valence-corrected chi connectivity index (χ4v) is 2.64. The Kier molecular flexibility index (Phi) is 4.78. The number of carbonyl (C=O) groups excluding carboxylic acids is 1. The minimum absolute atomic E-state index is 0.0326. The summed E-state index contributed by atoms with van der Waals surface area (Å²) < 4.78 is 24.2. The minimum Gasteiger partial charge on any atom is -0.504 e. The molecule has 0 aromatic heterocycles. The second-order valence-corrected chi connectivity index (χ2v) is 5.74. The van der Waals surface area contributed by atoms with E-state index in [0.29, 0.717) is 0 Å². The number of benzene rings is 1. The lowest BCUT2D eigenvalue weighted by molar-refractivity contribution is -0.117. The number of Topliss-reactive ketones (excluding diaryl/α,β-unsaturated/α-hetero) is 1. The van der Waals surface area contributed by atoms with Gasteiger partial charge in [-0.15, -0.1) is 0 Å². The average Bonchev–Trinajstić information content (AvgIpc) is 2.38. The highest BCUT2D eigenvalue weighted by Crippen LogP contribution is 2.23. The summed E-state index contributed by atoms with van der Waals surface area (Å²) in [6, 6.07) is 7.29. The second kappa shape index (κ2) is 6.11. The van der Waals surface area contributed by atoms with Gasteiger partial charge in [0, 0.05) is 12.8 Å². The van der Waals surface area contributed by atoms with E-state index >= 15 is 0 Å². The molecule has 0 saturated carbocycles. The van der Waals surface area contributed by atoms with Crippen LogP contribution in [0, 0.1) is 5.39 Å². The van der Waals surface area contributed by atoms with Crippen LogP contribution in [0.5, 0.6) is 0 Å². The first-order valence-electron chi connectivity index (χ1n) is 5.46. The number of allylic oxidation sites excluding steroid dienone is 1. The first-order valence-corrected chi connectivity index (χ1v) is 6.94. The summed E-state index contributed by atoms with van der Waals surface area (Å²) in [7, 11) is -4.10. The van der Waals surface area contributed by atoms with Gasteiger partial charge < -0.3 is 9.90 Å². The fraction of sp³-hybridized carbons (Fsp3) is 0.250. The molecule has 0 amide bonds. The van der Waals surface area contributed by atoms with Crippen molar-refractivity contribution in [1.29, 1.82) is 5.39 Å². The maximum atomic E-state index is 12.1. The van der Waals surface area contributed by atoms with Crippen LogP contribution in [0.25, 0.3) is 4.98 Å². The van der Waals surface area contributed by atoms with Crippen molar-refractivity contribution in [2.45, 2.75) is 24.7 Å². The molecule has 19 heavy (non-hydrogen) atoms. The van der Waals surface area contributed by atoms with Crippen LogP contribution in [-0.2, 0) is 14.6 Å². The van der Waals surface area contributed by atoms with Gasteiger partial charge >= 0.3 is 5.03 Å². The summed E-state index contributed by atoms with van der Waals surface area (Å²) in [5.41, 5.74) is 0. The zero-order valence-corrected chi connectivity index (χ0v) is 11.1. The number of sulfone groups is 1. The molecule has 0 atom stereocenters. The fourth-order valence-electron chi connectivity index (χ4n) is 1.38. The number of ketones is 1. The number of carbonyl (C=O) groups is 1. The molecule has 0 saturated heterocycles. The third-order valence-electron chi connectivity index (χ3n) is 2.36. The summed E-state index contributed by atoms with van der Waals surface area (Å²) in [6.45, 7) is 1.31. The standard InChI is InChI=1S/C12H12N2O4S/c1-9(15)7-8-11(16)12(14-13)19(17,18)10-5-3-2-4-6-10/h2-6H,7-8H2,1H3/p+1/b12-11-. The Labute approximate surface area is 110 Å². The predicted octanol–water partition coefficient (Wildman–Crippen LogP) is 2.41. The molecule has 1 rings (SSSR count). The molecule has 0 aliphatic rings. The summed E-state index contributed by atoms with van der Waals surface area (Å²) in [5, 5.41) is 17.6. The predicted molar refractivity (Wildman–Crippen MR) is 68.3 cm³/mol. The normalized spacial score (nSPS) is 12.4. The van der Waals surface area contributed by atoms with E-state index in [2.05, 4.69) is 4.98 Å². The molecule has 1 aromatic rings. The average molecular weight is 281 g/mol. The minimum atomic E-state index is -4.10. The van der Waals surface area contributed by atoms with Crippen LogP contribution in [0.2, 0.25) is 0 Å². The van der Waals surface area contributed by atoms with Crippen molar-refractivity contribution in [3.63, 3.8) is 0 Å². The van der Waals surface area contributed by atoms with Crippen molar-refractivity contribution in [1.82, 2.24) is 0 Å². The van der Waals surface area contributed by atoms with Gasteiger partial charge in [0.1, 0.15) is 5.78 Å². The van der Waals surface area contributed by atoms with E-state index in [0.717, 1.165) is 0 Å². The lowest BCUT2D eigenvalue weighted by atomic mass is 10.2. The molecule has 0 aliphatic heterocycles. The van der Waals surface area contributed by atoms with E-state index < -0.39 is 20.6 Å². The third kappa shape index (κ3) is 3.63. The molecule has 0 bridgehead atoms. The Bertz CT molecular complexity index is 642. The van der Waals surface area contributed by atoms with E-state index in [1.807, 2.05) is 0 Å². The van der Waals surface area contributed by atoms with Crippen molar-refractivity contribution in [2.75, 3.05) is 0 Å². The van der Waals surface area contributed by atoms with Crippen LogP contribution in [-0.4, -0.2) is 19.3 Å². The summed E-state index contributed by atoms with van der Waals surface area (Å²) in [4.78, 5) is 13.3. The van der Waals surface area contributed by atoms with Crippen molar-refractivity contribution >= 4 is 15.6 Å². The van der Waals surface area contributed by atoms with E-state index in [9.17, 15) is 18.3 Å². The molecule has 0 aliphatic carbocycles. The molecular weight excluding hydrogens is 268 g/mol. The van der Waals surface area contributed by atoms with E-state index in [-0.39, 0.29) is 23.5 Å². The molecule has 1 aromatic carbocycles. The highest BCUT2D eigenvalue weighted by molar-refractivity contribution is 7.95. The second-order valence-electron chi connectivity index (χ2n) is 3.87. The van der Waals surface area contributed by atoms with Crippen molar-refractivity contribution in [2.24, 2.45) is 0 Å². The number of diazo groups is 1. The van der Waals surface area contributed by atoms with Crippen molar-refractivity contribution in [3.05, 3.63) is 46.1 Å². The van der Waals surface area contributed by atoms with E-state index in [4.69, 9.17) is 5.39 Å². The van der Waals surface area contributed by atoms with Gasteiger partial charge in [-0.2, -0.15) is 0 Å². The maximum Gasteiger partial charge on any atom is 0.515 e. The molecule has 0 spiro atoms. The zero-order valence-electron chi connectivity index (χ0n) is 10.3. The maximum absolute atomic E-state index is 12.1. The molecule has 7 heteroatoms. The van der Waals surface area contributed by atoms with Gasteiger partial charge in [-0.25, -0.2) is 8.42 Å². The first-order chi connectivity index (χ1) is 8.89. The Morgan fingerprint density at radius 3 is 2.32 bits per heavy atom. The van der Waals surface area contributed by atoms with Gasteiger partial charge in [-0.3, -0.25) is 0 Å². The van der Waals surface area contributed by atoms with E-state index in [1.165, 1.54) is 31.2 Å². The van der Waals surface area contributed by atoms with Crippen molar-refractivity contribution in [3.8, 4) is 0 Å². The Hall–Kier alpha value is -2.20. The number of hydrogen-bond donors (Lipinski definition) is 1. The summed E-state index contributed by atoms with van der Waals surface area (Å²) in [6.07, 6.45) is -0.226. The van der Waals surface area contributed by atoms with Crippen LogP contribution < -0.4 is 0 Å². The summed E-state index contributed by atoms with van der Waals surface area (Å²) in [5.74, 6) is -0.845. The zero-order chi connectivity index (χ0) is 14.5. The van der Waals surface area contributed by atoms with Gasteiger partial charge in [0.05, 0.1) is 4.90 Å². The molecule has 6 nitrogen and oxygen atoms in total. The number of nitrogens with zero attached hydrogens (tertiary/aromatic N) is 2. The molecule has 0 heterocycles. The first kappa shape index (κ1) is 14.9. The number of hydrogen-bond acceptors (Lipinski definition) is 5. The molecule has 1 N–H and O–H groups in total. The van der Waals surface area contributed by atoms with Crippen molar-refractivity contribution < 1.29 is 18.3 Å². The van der Waals surface area contributed by atoms with Crippen LogP contribution in [0.15, 0.2) is 46.0 Å². The van der Waals surface area contributed by atoms with Gasteiger partial charge in [-0.1, -0.05) is 18.2 Å². The Balaban J connectivity index is 3.20. The van der Waals surface area contributed by atoms with Gasteiger partial charge in [0.25, 0.3) is 9.84 Å². The number of aliphatic hydroxyl groups excluding tert-OH is 1. The largest absolute Gasteiger partial charge is 0.515 e. The van der Waals surface area contributed by atoms with Gasteiger partial charge in [-0.05, 0) is 19.1 Å². The Morgan fingerprint density at radius 1 is 1.26 bits per heavy atom. The number of rotatable bonds is 5. The molecule has 100 valence electrons. The molecular formula is C12H13N2O4S+. The van der Waals surface area contributed by atoms with Crippen LogP contribution in [0.3, 0.4) is 0 Å². The van der Waals surface area contributed by atoms with Crippen LogP contribution in [0.4, 0.5) is 0 Å². The van der Waals surface area contributed by atoms with Crippen LogP contribution in [0.1, 0.15) is 19.8 Å². The van der Waals surface area contributed by atoms with E-state index in [1.54, 1.807) is 6.07 Å². The summed E-state index contributed by atoms with van der Waals surface area (Å²) >= 11 is 0. The SMILES string of the molecule is CC(=O)CC/C(O)=C(\[N+]#N)S(=O)(=O)c1ccccc1. The quantitative estimate of drug-likeness (QED) is 0.660. The van der Waals surface area contributed by atoms with Gasteiger partial charge in [0.15, 0.2) is 4.98 Å². The highest BCUT2D eigenvalue weighted by Gasteiger charge is 2.36. The molecule has 0 radical (unpaired) electrons. The third-order valence-corrected chi connectivity index (χ3v) is 4.08. The topological polar surface area (TPSA) is 99.6 Å². The lowest BCUT2D eigenvalue weighted by Crippen LogP contribution is -2.06. The lowest BCUT2D eigenvalue weighted by Gasteiger charge is -1.98. The number of aliphatic hydroxyl groups is 1.